The highest BCUT2D eigenvalue weighted by molar-refractivity contribution is 5.89. The lowest BCUT2D eigenvalue weighted by atomic mass is 9.82. The van der Waals surface area contributed by atoms with Crippen LogP contribution in [0.1, 0.15) is 25.0 Å². The molecule has 0 saturated heterocycles. The summed E-state index contributed by atoms with van der Waals surface area (Å²) in [4.78, 5) is 5.29. The smallest absolute Gasteiger partial charge is 0.179 e. The summed E-state index contributed by atoms with van der Waals surface area (Å²) >= 11 is 0. The van der Waals surface area contributed by atoms with Crippen molar-refractivity contribution in [3.63, 3.8) is 0 Å². The maximum Gasteiger partial charge on any atom is 0.179 e. The fraction of sp³-hybridized carbons (Fsp3) is 0.0682. The summed E-state index contributed by atoms with van der Waals surface area (Å²) in [6.45, 7) is 4.56. The normalized spacial score (nSPS) is 13.4. The number of ether oxygens (including phenoxy) is 2. The molecule has 0 saturated carbocycles. The monoisotopic (exact) mass is 605 g/mol. The van der Waals surface area contributed by atoms with Crippen LogP contribution in [-0.4, -0.2) is 4.98 Å². The molecule has 0 amide bonds. The molecule has 0 bridgehead atoms. The minimum absolute atomic E-state index is 0.140. The Balaban J connectivity index is 1.21. The molecule has 0 fully saturated rings. The predicted octanol–water partition coefficient (Wildman–Crippen LogP) is 12.0. The van der Waals surface area contributed by atoms with Gasteiger partial charge in [-0.2, -0.15) is 0 Å². The van der Waals surface area contributed by atoms with E-state index >= 15 is 0 Å². The lowest BCUT2D eigenvalue weighted by Gasteiger charge is -2.26. The van der Waals surface area contributed by atoms with Gasteiger partial charge in [-0.1, -0.05) is 129 Å². The van der Waals surface area contributed by atoms with Crippen LogP contribution in [-0.2, 0) is 5.41 Å². The van der Waals surface area contributed by atoms with Crippen molar-refractivity contribution in [1.29, 1.82) is 0 Å². The van der Waals surface area contributed by atoms with Crippen molar-refractivity contribution in [1.82, 2.24) is 4.98 Å². The number of pyridine rings is 1. The number of nitrogens with zero attached hydrogens (tertiary/aromatic N) is 1. The van der Waals surface area contributed by atoms with Crippen LogP contribution in [0, 0.1) is 0 Å². The Kier molecular flexibility index (Phi) is 6.16. The van der Waals surface area contributed by atoms with Gasteiger partial charge in [0, 0.05) is 22.1 Å². The lowest BCUT2D eigenvalue weighted by Crippen LogP contribution is -2.15. The molecule has 0 radical (unpaired) electrons. The summed E-state index contributed by atoms with van der Waals surface area (Å²) in [6, 6.07) is 52.8. The molecule has 9 rings (SSSR count). The molecule has 3 nitrogen and oxygen atoms in total. The van der Waals surface area contributed by atoms with E-state index in [2.05, 4.69) is 135 Å². The first-order valence-electron chi connectivity index (χ1n) is 16.0. The van der Waals surface area contributed by atoms with Gasteiger partial charge in [-0.25, -0.2) is 4.98 Å². The zero-order chi connectivity index (χ0) is 31.5. The summed E-state index contributed by atoms with van der Waals surface area (Å²) in [7, 11) is 0. The topological polar surface area (TPSA) is 31.4 Å². The number of para-hydroxylation sites is 1. The van der Waals surface area contributed by atoms with E-state index in [1.54, 1.807) is 0 Å². The second-order valence-electron chi connectivity index (χ2n) is 12.8. The molecule has 0 unspecified atom stereocenters. The van der Waals surface area contributed by atoms with Crippen LogP contribution in [0.15, 0.2) is 152 Å². The Hall–Kier alpha value is -5.93. The van der Waals surface area contributed by atoms with E-state index in [0.29, 0.717) is 11.5 Å². The second-order valence-corrected chi connectivity index (χ2v) is 12.8. The third-order valence-electron chi connectivity index (χ3n) is 9.54. The summed E-state index contributed by atoms with van der Waals surface area (Å²) in [6.07, 6.45) is 0. The van der Waals surface area contributed by atoms with E-state index in [-0.39, 0.29) is 5.41 Å². The average Bonchev–Trinajstić information content (AvgIpc) is 3.37. The molecular formula is C44H31NO2. The van der Waals surface area contributed by atoms with Gasteiger partial charge < -0.3 is 9.47 Å². The largest absolute Gasteiger partial charge is 0.449 e. The molecule has 0 spiro atoms. The molecule has 1 aliphatic heterocycles. The quantitative estimate of drug-likeness (QED) is 0.200. The molecule has 3 heteroatoms. The Morgan fingerprint density at radius 2 is 1.04 bits per heavy atom. The van der Waals surface area contributed by atoms with Gasteiger partial charge in [0.25, 0.3) is 0 Å². The summed E-state index contributed by atoms with van der Waals surface area (Å²) in [5.74, 6) is 2.85. The van der Waals surface area contributed by atoms with Crippen molar-refractivity contribution in [2.24, 2.45) is 0 Å². The van der Waals surface area contributed by atoms with Gasteiger partial charge >= 0.3 is 0 Å². The van der Waals surface area contributed by atoms with Crippen molar-refractivity contribution in [3.05, 3.63) is 163 Å². The predicted molar refractivity (Wildman–Crippen MR) is 190 cm³/mol. The molecule has 7 aromatic rings. The Labute approximate surface area is 274 Å². The molecule has 224 valence electrons. The number of hydrogen-bond donors (Lipinski definition) is 0. The van der Waals surface area contributed by atoms with Crippen molar-refractivity contribution >= 4 is 0 Å². The van der Waals surface area contributed by atoms with Gasteiger partial charge in [-0.05, 0) is 75.3 Å². The molecule has 0 N–H and O–H groups in total. The number of hydrogen-bond acceptors (Lipinski definition) is 3. The Morgan fingerprint density at radius 3 is 1.85 bits per heavy atom. The van der Waals surface area contributed by atoms with Gasteiger partial charge in [0.15, 0.2) is 23.0 Å². The van der Waals surface area contributed by atoms with E-state index in [1.165, 1.54) is 22.3 Å². The van der Waals surface area contributed by atoms with Crippen LogP contribution in [0.2, 0.25) is 0 Å². The third-order valence-corrected chi connectivity index (χ3v) is 9.54. The van der Waals surface area contributed by atoms with Crippen molar-refractivity contribution in [3.8, 4) is 78.9 Å². The fourth-order valence-electron chi connectivity index (χ4n) is 7.15. The zero-order valence-electron chi connectivity index (χ0n) is 26.2. The molecule has 0 atom stereocenters. The first kappa shape index (κ1) is 27.4. The van der Waals surface area contributed by atoms with E-state index in [0.717, 1.165) is 56.3 Å². The number of rotatable bonds is 4. The Bertz CT molecular complexity index is 2320. The number of aromatic nitrogens is 1. The van der Waals surface area contributed by atoms with Gasteiger partial charge in [-0.3, -0.25) is 0 Å². The molecule has 6 aromatic carbocycles. The van der Waals surface area contributed by atoms with Crippen LogP contribution >= 0.6 is 0 Å². The first-order chi connectivity index (χ1) is 23.0. The van der Waals surface area contributed by atoms with Gasteiger partial charge in [-0.15, -0.1) is 0 Å². The highest BCUT2D eigenvalue weighted by Crippen LogP contribution is 2.59. The fourth-order valence-corrected chi connectivity index (χ4v) is 7.15. The first-order valence-corrected chi connectivity index (χ1v) is 16.0. The maximum atomic E-state index is 6.96. The lowest BCUT2D eigenvalue weighted by molar-refractivity contribution is 0.361. The minimum atomic E-state index is -0.140. The minimum Gasteiger partial charge on any atom is -0.449 e. The van der Waals surface area contributed by atoms with Crippen molar-refractivity contribution < 1.29 is 9.47 Å². The van der Waals surface area contributed by atoms with Gasteiger partial charge in [0.1, 0.15) is 0 Å². The summed E-state index contributed by atoms with van der Waals surface area (Å²) in [5, 5.41) is 0. The Morgan fingerprint density at radius 1 is 0.426 bits per heavy atom. The molecule has 2 heterocycles. The van der Waals surface area contributed by atoms with Crippen LogP contribution in [0.25, 0.3) is 55.9 Å². The van der Waals surface area contributed by atoms with Crippen molar-refractivity contribution in [2.45, 2.75) is 19.3 Å². The van der Waals surface area contributed by atoms with Gasteiger partial charge in [0.05, 0.1) is 11.4 Å². The molecular weight excluding hydrogens is 574 g/mol. The summed E-state index contributed by atoms with van der Waals surface area (Å²) < 4.78 is 13.5. The maximum absolute atomic E-state index is 6.96. The molecule has 1 aromatic heterocycles. The highest BCUT2D eigenvalue weighted by atomic mass is 16.6. The van der Waals surface area contributed by atoms with Crippen LogP contribution in [0.3, 0.4) is 0 Å². The zero-order valence-corrected chi connectivity index (χ0v) is 26.2. The molecule has 1 aliphatic carbocycles. The third kappa shape index (κ3) is 4.46. The number of fused-ring (bicyclic) bond motifs is 6. The van der Waals surface area contributed by atoms with Crippen LogP contribution in [0.4, 0.5) is 0 Å². The van der Waals surface area contributed by atoms with Crippen LogP contribution < -0.4 is 9.47 Å². The highest BCUT2D eigenvalue weighted by Gasteiger charge is 2.39. The van der Waals surface area contributed by atoms with E-state index in [4.69, 9.17) is 14.5 Å². The van der Waals surface area contributed by atoms with Crippen LogP contribution in [0.5, 0.6) is 23.0 Å². The van der Waals surface area contributed by atoms with E-state index in [9.17, 15) is 0 Å². The SMILES string of the molecule is CC1(C)c2ccccc2-c2c1ccc1c2Oc2c(cccc2-c2cc(-c3ccccc3)cc(-c3cccc(-c4ccccc4)c3)n2)O1. The molecule has 47 heavy (non-hydrogen) atoms. The second kappa shape index (κ2) is 10.6. The van der Waals surface area contributed by atoms with E-state index < -0.39 is 0 Å². The summed E-state index contributed by atoms with van der Waals surface area (Å²) in [5.41, 5.74) is 12.9. The standard InChI is InChI=1S/C44H31NO2/c1-44(2)35-21-10-9-19-33(35)41-36(44)23-24-40-43(41)47-42-34(20-12-22-39(42)46-40)38-27-32(29-15-7-4-8-16-29)26-37(45-38)31-18-11-17-30(25-31)28-13-5-3-6-14-28/h3-27H,1-2H3. The molecule has 2 aliphatic rings. The van der Waals surface area contributed by atoms with Gasteiger partial charge in [0.2, 0.25) is 0 Å². The van der Waals surface area contributed by atoms with E-state index in [1.807, 2.05) is 30.3 Å². The average molecular weight is 606 g/mol. The number of benzene rings is 6. The van der Waals surface area contributed by atoms with Crippen molar-refractivity contribution in [2.75, 3.05) is 0 Å².